The van der Waals surface area contributed by atoms with Crippen molar-refractivity contribution in [2.24, 2.45) is 0 Å². The van der Waals surface area contributed by atoms with E-state index >= 15 is 0 Å². The Labute approximate surface area is 127 Å². The van der Waals surface area contributed by atoms with Crippen LogP contribution in [0, 0.1) is 0 Å². The second-order valence-corrected chi connectivity index (χ2v) is 6.81. The van der Waals surface area contributed by atoms with Gasteiger partial charge in [0.05, 0.1) is 17.9 Å². The third-order valence-electron chi connectivity index (χ3n) is 2.77. The first-order valence-electron chi connectivity index (χ1n) is 6.46. The van der Waals surface area contributed by atoms with Crippen LogP contribution >= 0.6 is 11.8 Å². The van der Waals surface area contributed by atoms with E-state index in [0.29, 0.717) is 10.9 Å². The van der Waals surface area contributed by atoms with Crippen molar-refractivity contribution in [3.8, 4) is 0 Å². The molecule has 1 unspecified atom stereocenters. The van der Waals surface area contributed by atoms with Gasteiger partial charge in [-0.2, -0.15) is 0 Å². The summed E-state index contributed by atoms with van der Waals surface area (Å²) in [5.41, 5.74) is -0.202. The second kappa shape index (κ2) is 5.88. The fourth-order valence-corrected chi connectivity index (χ4v) is 2.72. The van der Waals surface area contributed by atoms with Gasteiger partial charge in [-0.05, 0) is 50.3 Å². The van der Waals surface area contributed by atoms with Crippen LogP contribution in [0.2, 0.25) is 0 Å². The largest absolute Gasteiger partial charge is 0.463 e. The Kier molecular flexibility index (Phi) is 4.36. The quantitative estimate of drug-likeness (QED) is 0.634. The third kappa shape index (κ3) is 3.44. The lowest BCUT2D eigenvalue weighted by atomic mass is 10.1. The molecule has 0 aromatic carbocycles. The highest BCUT2D eigenvalue weighted by molar-refractivity contribution is 7.99. The average Bonchev–Trinajstić information content (AvgIpc) is 3.05. The molecule has 1 atom stereocenters. The fourth-order valence-electron chi connectivity index (χ4n) is 1.67. The maximum Gasteiger partial charge on any atom is 0.373 e. The van der Waals surface area contributed by atoms with E-state index in [4.69, 9.17) is 4.42 Å². The molecule has 0 bridgehead atoms. The molecule has 2 heterocycles. The van der Waals surface area contributed by atoms with Crippen LogP contribution in [0.4, 0.5) is 0 Å². The summed E-state index contributed by atoms with van der Waals surface area (Å²) in [6.45, 7) is 8.05. The van der Waals surface area contributed by atoms with Crippen molar-refractivity contribution < 1.29 is 13.9 Å². The van der Waals surface area contributed by atoms with E-state index < -0.39 is 5.97 Å². The van der Waals surface area contributed by atoms with Crippen LogP contribution in [-0.2, 0) is 10.3 Å². The summed E-state index contributed by atoms with van der Waals surface area (Å²) in [6.07, 6.45) is 0. The monoisotopic (exact) mass is 310 g/mol. The van der Waals surface area contributed by atoms with E-state index in [-0.39, 0.29) is 16.5 Å². The highest BCUT2D eigenvalue weighted by Gasteiger charge is 2.23. The number of carbonyl (C=O) groups is 1. The number of carbonyl (C=O) groups excluding carboxylic acids is 1. The van der Waals surface area contributed by atoms with E-state index in [2.05, 4.69) is 20.3 Å². The van der Waals surface area contributed by atoms with Crippen LogP contribution in [0.5, 0.6) is 0 Å². The number of thioether (sulfide) groups is 1. The predicted octanol–water partition coefficient (Wildman–Crippen LogP) is 2.66. The number of nitrogens with zero attached hydrogens (tertiary/aromatic N) is 4. The lowest BCUT2D eigenvalue weighted by Gasteiger charge is -2.20. The zero-order valence-electron chi connectivity index (χ0n) is 12.7. The van der Waals surface area contributed by atoms with Gasteiger partial charge in [0.1, 0.15) is 5.76 Å². The summed E-state index contributed by atoms with van der Waals surface area (Å²) in [5.74, 6) is 0.372. The van der Waals surface area contributed by atoms with E-state index in [0.717, 1.165) is 0 Å². The zero-order chi connectivity index (χ0) is 15.6. The Balaban J connectivity index is 2.15. The standard InChI is InChI=1S/C13H18N4O3S/c1-8(9-6-7-10(20-9)11(18)19-5)21-12-14-15-16-17(12)13(2,3)4/h6-8H,1-5H3. The maximum atomic E-state index is 11.4. The Bertz CT molecular complexity index is 629. The first kappa shape index (κ1) is 15.6. The molecule has 0 aliphatic carbocycles. The number of tetrazole rings is 1. The second-order valence-electron chi connectivity index (χ2n) is 5.50. The highest BCUT2D eigenvalue weighted by Crippen LogP contribution is 2.35. The molecule has 0 aliphatic heterocycles. The van der Waals surface area contributed by atoms with Gasteiger partial charge in [-0.1, -0.05) is 11.8 Å². The first-order chi connectivity index (χ1) is 9.82. The van der Waals surface area contributed by atoms with E-state index in [1.165, 1.54) is 18.9 Å². The maximum absolute atomic E-state index is 11.4. The van der Waals surface area contributed by atoms with E-state index in [9.17, 15) is 4.79 Å². The zero-order valence-corrected chi connectivity index (χ0v) is 13.5. The summed E-state index contributed by atoms with van der Waals surface area (Å²) >= 11 is 1.47. The predicted molar refractivity (Wildman–Crippen MR) is 77.1 cm³/mol. The number of esters is 1. The number of furan rings is 1. The number of methoxy groups -OCH3 is 1. The van der Waals surface area contributed by atoms with Gasteiger partial charge in [0, 0.05) is 0 Å². The Morgan fingerprint density at radius 3 is 2.76 bits per heavy atom. The van der Waals surface area contributed by atoms with Crippen molar-refractivity contribution in [3.63, 3.8) is 0 Å². The molecule has 0 amide bonds. The summed E-state index contributed by atoms with van der Waals surface area (Å²) in [7, 11) is 1.32. The van der Waals surface area contributed by atoms with E-state index in [1.54, 1.807) is 16.8 Å². The normalized spacial score (nSPS) is 13.2. The van der Waals surface area contributed by atoms with E-state index in [1.807, 2.05) is 27.7 Å². The molecule has 0 fully saturated rings. The molecule has 0 spiro atoms. The van der Waals surface area contributed by atoms with Crippen LogP contribution in [0.1, 0.15) is 49.3 Å². The number of hydrogen-bond donors (Lipinski definition) is 0. The van der Waals surface area contributed by atoms with Gasteiger partial charge in [-0.3, -0.25) is 0 Å². The van der Waals surface area contributed by atoms with Gasteiger partial charge >= 0.3 is 5.97 Å². The van der Waals surface area contributed by atoms with Crippen LogP contribution in [-0.4, -0.2) is 33.3 Å². The summed E-state index contributed by atoms with van der Waals surface area (Å²) in [5, 5.41) is 12.4. The molecule has 0 saturated heterocycles. The van der Waals surface area contributed by atoms with Crippen molar-refractivity contribution in [2.75, 3.05) is 7.11 Å². The van der Waals surface area contributed by atoms with Crippen molar-refractivity contribution in [2.45, 2.75) is 43.6 Å². The van der Waals surface area contributed by atoms with Crippen LogP contribution in [0.25, 0.3) is 0 Å². The van der Waals surface area contributed by atoms with Gasteiger partial charge in [0.2, 0.25) is 10.9 Å². The summed E-state index contributed by atoms with van der Waals surface area (Å²) < 4.78 is 11.9. The molecular weight excluding hydrogens is 292 g/mol. The van der Waals surface area contributed by atoms with Crippen LogP contribution in [0.3, 0.4) is 0 Å². The molecule has 114 valence electrons. The molecule has 0 saturated carbocycles. The van der Waals surface area contributed by atoms with Crippen molar-refractivity contribution in [1.82, 2.24) is 20.2 Å². The highest BCUT2D eigenvalue weighted by atomic mass is 32.2. The molecule has 2 aromatic rings. The Hall–Kier alpha value is -1.83. The Morgan fingerprint density at radius 2 is 2.14 bits per heavy atom. The van der Waals surface area contributed by atoms with Gasteiger partial charge in [-0.25, -0.2) is 9.48 Å². The minimum absolute atomic E-state index is 0.0319. The number of aromatic nitrogens is 4. The molecule has 0 aliphatic rings. The molecule has 0 radical (unpaired) electrons. The number of ether oxygens (including phenoxy) is 1. The molecule has 0 N–H and O–H groups in total. The first-order valence-corrected chi connectivity index (χ1v) is 7.34. The van der Waals surface area contributed by atoms with Crippen LogP contribution < -0.4 is 0 Å². The third-order valence-corrected chi connectivity index (χ3v) is 3.82. The SMILES string of the molecule is COC(=O)c1ccc(C(C)Sc2nnnn2C(C)(C)C)o1. The number of hydrogen-bond acceptors (Lipinski definition) is 7. The smallest absolute Gasteiger partial charge is 0.373 e. The summed E-state index contributed by atoms with van der Waals surface area (Å²) in [6, 6.07) is 3.36. The van der Waals surface area contributed by atoms with Gasteiger partial charge in [-0.15, -0.1) is 5.10 Å². The van der Waals surface area contributed by atoms with Gasteiger partial charge in [0.25, 0.3) is 0 Å². The molecule has 21 heavy (non-hydrogen) atoms. The van der Waals surface area contributed by atoms with Crippen molar-refractivity contribution in [3.05, 3.63) is 23.7 Å². The minimum Gasteiger partial charge on any atom is -0.463 e. The van der Waals surface area contributed by atoms with Crippen LogP contribution in [0.15, 0.2) is 21.7 Å². The molecule has 8 heteroatoms. The van der Waals surface area contributed by atoms with Crippen molar-refractivity contribution in [1.29, 1.82) is 0 Å². The molecule has 2 aromatic heterocycles. The van der Waals surface area contributed by atoms with Crippen molar-refractivity contribution >= 4 is 17.7 Å². The summed E-state index contributed by atoms with van der Waals surface area (Å²) in [4.78, 5) is 11.4. The average molecular weight is 310 g/mol. The molecule has 2 rings (SSSR count). The Morgan fingerprint density at radius 1 is 1.43 bits per heavy atom. The lowest BCUT2D eigenvalue weighted by Crippen LogP contribution is -2.24. The minimum atomic E-state index is -0.488. The topological polar surface area (TPSA) is 83.0 Å². The molecule has 7 nitrogen and oxygen atoms in total. The lowest BCUT2D eigenvalue weighted by molar-refractivity contribution is 0.0563. The fraction of sp³-hybridized carbons (Fsp3) is 0.538. The van der Waals surface area contributed by atoms with Gasteiger partial charge < -0.3 is 9.15 Å². The number of rotatable bonds is 4. The molecular formula is C13H18N4O3S. The van der Waals surface area contributed by atoms with Gasteiger partial charge in [0.15, 0.2) is 0 Å².